The summed E-state index contributed by atoms with van der Waals surface area (Å²) in [6.07, 6.45) is 3.62. The standard InChI is InChI=1S/C19H25N3O3S2/c1-4-17-20-14(3)18(26-17)19(23)21-15-9-8-13(2)16(12-15)27(24,25)22-10-6-5-7-11-22/h8-9,12H,4-7,10-11H2,1-3H3,(H,21,23). The highest BCUT2D eigenvalue weighted by Crippen LogP contribution is 2.27. The summed E-state index contributed by atoms with van der Waals surface area (Å²) in [5, 5.41) is 3.74. The molecule has 1 fully saturated rings. The lowest BCUT2D eigenvalue weighted by molar-refractivity contribution is 0.102. The van der Waals surface area contributed by atoms with Crippen molar-refractivity contribution in [2.75, 3.05) is 18.4 Å². The van der Waals surface area contributed by atoms with Crippen LogP contribution < -0.4 is 5.32 Å². The average Bonchev–Trinajstić information content (AvgIpc) is 3.05. The van der Waals surface area contributed by atoms with Crippen LogP contribution in [0.15, 0.2) is 23.1 Å². The Morgan fingerprint density at radius 2 is 1.93 bits per heavy atom. The maximum absolute atomic E-state index is 13.0. The van der Waals surface area contributed by atoms with Crippen LogP contribution in [0.5, 0.6) is 0 Å². The SMILES string of the molecule is CCc1nc(C)c(C(=O)Nc2ccc(C)c(S(=O)(=O)N3CCCCC3)c2)s1. The molecule has 1 amide bonds. The van der Waals surface area contributed by atoms with E-state index in [0.29, 0.717) is 34.9 Å². The molecule has 3 rings (SSSR count). The topological polar surface area (TPSA) is 79.4 Å². The van der Waals surface area contributed by atoms with E-state index in [-0.39, 0.29) is 10.8 Å². The molecule has 27 heavy (non-hydrogen) atoms. The Morgan fingerprint density at radius 3 is 2.56 bits per heavy atom. The first-order valence-corrected chi connectivity index (χ1v) is 11.5. The normalized spacial score (nSPS) is 15.7. The first-order valence-electron chi connectivity index (χ1n) is 9.21. The van der Waals surface area contributed by atoms with Crippen LogP contribution in [0.1, 0.15) is 52.1 Å². The molecule has 0 saturated carbocycles. The average molecular weight is 408 g/mol. The number of amides is 1. The number of rotatable bonds is 5. The van der Waals surface area contributed by atoms with Gasteiger partial charge in [0.1, 0.15) is 4.88 Å². The quantitative estimate of drug-likeness (QED) is 0.819. The zero-order valence-electron chi connectivity index (χ0n) is 15.9. The van der Waals surface area contributed by atoms with Crippen LogP contribution in [-0.4, -0.2) is 36.7 Å². The fourth-order valence-electron chi connectivity index (χ4n) is 3.20. The van der Waals surface area contributed by atoms with E-state index >= 15 is 0 Å². The van der Waals surface area contributed by atoms with Crippen molar-refractivity contribution in [2.24, 2.45) is 0 Å². The van der Waals surface area contributed by atoms with Crippen molar-refractivity contribution >= 4 is 33.0 Å². The summed E-state index contributed by atoms with van der Waals surface area (Å²) < 4.78 is 27.6. The molecule has 2 aromatic rings. The lowest BCUT2D eigenvalue weighted by atomic mass is 10.2. The predicted molar refractivity (Wildman–Crippen MR) is 108 cm³/mol. The highest BCUT2D eigenvalue weighted by molar-refractivity contribution is 7.89. The number of aryl methyl sites for hydroxylation is 3. The minimum atomic E-state index is -3.55. The number of hydrogen-bond acceptors (Lipinski definition) is 5. The van der Waals surface area contributed by atoms with E-state index in [2.05, 4.69) is 10.3 Å². The highest BCUT2D eigenvalue weighted by atomic mass is 32.2. The van der Waals surface area contributed by atoms with Gasteiger partial charge in [0.25, 0.3) is 5.91 Å². The van der Waals surface area contributed by atoms with E-state index in [0.717, 1.165) is 30.7 Å². The lowest BCUT2D eigenvalue weighted by Crippen LogP contribution is -2.36. The van der Waals surface area contributed by atoms with Crippen molar-refractivity contribution in [1.82, 2.24) is 9.29 Å². The van der Waals surface area contributed by atoms with Gasteiger partial charge in [0.05, 0.1) is 15.6 Å². The smallest absolute Gasteiger partial charge is 0.267 e. The second kappa shape index (κ2) is 8.08. The van der Waals surface area contributed by atoms with Gasteiger partial charge in [-0.2, -0.15) is 4.31 Å². The number of nitrogens with one attached hydrogen (secondary N) is 1. The molecule has 0 aliphatic carbocycles. The van der Waals surface area contributed by atoms with Gasteiger partial charge < -0.3 is 5.32 Å². The molecule has 0 bridgehead atoms. The van der Waals surface area contributed by atoms with Crippen LogP contribution in [0, 0.1) is 13.8 Å². The van der Waals surface area contributed by atoms with E-state index in [9.17, 15) is 13.2 Å². The number of aromatic nitrogens is 1. The van der Waals surface area contributed by atoms with Gasteiger partial charge in [-0.15, -0.1) is 11.3 Å². The number of thiazole rings is 1. The minimum absolute atomic E-state index is 0.255. The minimum Gasteiger partial charge on any atom is -0.321 e. The van der Waals surface area contributed by atoms with Crippen molar-refractivity contribution in [1.29, 1.82) is 0 Å². The van der Waals surface area contributed by atoms with Gasteiger partial charge in [0.15, 0.2) is 0 Å². The Balaban J connectivity index is 1.86. The summed E-state index contributed by atoms with van der Waals surface area (Å²) in [7, 11) is -3.55. The van der Waals surface area contributed by atoms with E-state index < -0.39 is 10.0 Å². The number of piperidine rings is 1. The Bertz CT molecular complexity index is 945. The first kappa shape index (κ1) is 20.0. The van der Waals surface area contributed by atoms with Crippen molar-refractivity contribution < 1.29 is 13.2 Å². The van der Waals surface area contributed by atoms with E-state index in [1.54, 1.807) is 29.4 Å². The molecule has 1 aromatic carbocycles. The largest absolute Gasteiger partial charge is 0.321 e. The monoisotopic (exact) mass is 407 g/mol. The van der Waals surface area contributed by atoms with Gasteiger partial charge in [0.2, 0.25) is 10.0 Å². The second-order valence-electron chi connectivity index (χ2n) is 6.77. The second-order valence-corrected chi connectivity index (χ2v) is 9.76. The molecular formula is C19H25N3O3S2. The van der Waals surface area contributed by atoms with Crippen molar-refractivity contribution in [3.63, 3.8) is 0 Å². The number of carbonyl (C=O) groups excluding carboxylic acids is 1. The van der Waals surface area contributed by atoms with Crippen LogP contribution >= 0.6 is 11.3 Å². The van der Waals surface area contributed by atoms with Crippen LogP contribution in [0.2, 0.25) is 0 Å². The number of hydrogen-bond donors (Lipinski definition) is 1. The number of nitrogens with zero attached hydrogens (tertiary/aromatic N) is 2. The lowest BCUT2D eigenvalue weighted by Gasteiger charge is -2.26. The fourth-order valence-corrected chi connectivity index (χ4v) is 5.87. The van der Waals surface area contributed by atoms with E-state index in [4.69, 9.17) is 0 Å². The van der Waals surface area contributed by atoms with Crippen LogP contribution in [0.25, 0.3) is 0 Å². The van der Waals surface area contributed by atoms with Crippen molar-refractivity contribution in [3.05, 3.63) is 39.3 Å². The molecule has 0 radical (unpaired) electrons. The molecular weight excluding hydrogens is 382 g/mol. The molecule has 0 atom stereocenters. The Labute approximate surface area is 164 Å². The number of sulfonamides is 1. The van der Waals surface area contributed by atoms with Crippen LogP contribution in [0.4, 0.5) is 5.69 Å². The first-order chi connectivity index (χ1) is 12.8. The maximum Gasteiger partial charge on any atom is 0.267 e. The summed E-state index contributed by atoms with van der Waals surface area (Å²) in [6, 6.07) is 5.04. The van der Waals surface area contributed by atoms with Crippen molar-refractivity contribution in [3.8, 4) is 0 Å². The third-order valence-corrected chi connectivity index (χ3v) is 8.07. The molecule has 1 aliphatic rings. The highest BCUT2D eigenvalue weighted by Gasteiger charge is 2.27. The van der Waals surface area contributed by atoms with E-state index in [1.165, 1.54) is 11.3 Å². The van der Waals surface area contributed by atoms with Gasteiger partial charge in [-0.25, -0.2) is 13.4 Å². The molecule has 1 N–H and O–H groups in total. The summed E-state index contributed by atoms with van der Waals surface area (Å²) in [5.74, 6) is -0.255. The molecule has 0 unspecified atom stereocenters. The summed E-state index contributed by atoms with van der Waals surface area (Å²) >= 11 is 1.37. The Kier molecular flexibility index (Phi) is 5.98. The zero-order valence-corrected chi connectivity index (χ0v) is 17.5. The Hall–Kier alpha value is -1.77. The van der Waals surface area contributed by atoms with Gasteiger partial charge in [-0.05, 0) is 50.8 Å². The van der Waals surface area contributed by atoms with Gasteiger partial charge in [-0.1, -0.05) is 19.4 Å². The molecule has 1 saturated heterocycles. The van der Waals surface area contributed by atoms with E-state index in [1.807, 2.05) is 13.8 Å². The molecule has 0 spiro atoms. The number of anilines is 1. The van der Waals surface area contributed by atoms with Gasteiger partial charge >= 0.3 is 0 Å². The summed E-state index contributed by atoms with van der Waals surface area (Å²) in [5.41, 5.74) is 1.86. The van der Waals surface area contributed by atoms with Crippen LogP contribution in [-0.2, 0) is 16.4 Å². The van der Waals surface area contributed by atoms with Gasteiger partial charge in [-0.3, -0.25) is 4.79 Å². The molecule has 1 aliphatic heterocycles. The Morgan fingerprint density at radius 1 is 1.22 bits per heavy atom. The van der Waals surface area contributed by atoms with Gasteiger partial charge in [0, 0.05) is 18.8 Å². The molecule has 6 nitrogen and oxygen atoms in total. The predicted octanol–water partition coefficient (Wildman–Crippen LogP) is 3.75. The molecule has 1 aromatic heterocycles. The number of benzene rings is 1. The van der Waals surface area contributed by atoms with Crippen molar-refractivity contribution in [2.45, 2.75) is 51.3 Å². The summed E-state index contributed by atoms with van der Waals surface area (Å²) in [4.78, 5) is 17.8. The maximum atomic E-state index is 13.0. The zero-order chi connectivity index (χ0) is 19.6. The summed E-state index contributed by atoms with van der Waals surface area (Å²) in [6.45, 7) is 6.70. The fraction of sp³-hybridized carbons (Fsp3) is 0.474. The van der Waals surface area contributed by atoms with Crippen LogP contribution in [0.3, 0.4) is 0 Å². The number of carbonyl (C=O) groups is 1. The molecule has 146 valence electrons. The third-order valence-electron chi connectivity index (χ3n) is 4.73. The molecule has 2 heterocycles. The molecule has 8 heteroatoms. The third kappa shape index (κ3) is 4.23.